The first-order valence-corrected chi connectivity index (χ1v) is 7.57. The first-order valence-electron chi connectivity index (χ1n) is 6.40. The molecule has 0 aliphatic carbocycles. The van der Waals surface area contributed by atoms with Crippen LogP contribution in [0.4, 0.5) is 5.69 Å². The van der Waals surface area contributed by atoms with Crippen LogP contribution >= 0.6 is 27.5 Å². The van der Waals surface area contributed by atoms with Gasteiger partial charge < -0.3 is 10.1 Å². The molecule has 0 bridgehead atoms. The normalized spacial score (nSPS) is 11.6. The van der Waals surface area contributed by atoms with Gasteiger partial charge in [0.2, 0.25) is 5.96 Å². The van der Waals surface area contributed by atoms with Gasteiger partial charge in [0, 0.05) is 29.3 Å². The Morgan fingerprint density at radius 2 is 2.25 bits per heavy atom. The second-order valence-electron chi connectivity index (χ2n) is 4.13. The molecule has 0 aliphatic rings. The van der Waals surface area contributed by atoms with Crippen LogP contribution in [0.1, 0.15) is 18.9 Å². The minimum atomic E-state index is 0.488. The minimum Gasteiger partial charge on any atom is -0.382 e. The average molecular weight is 364 g/mol. The van der Waals surface area contributed by atoms with E-state index in [2.05, 4.69) is 31.7 Å². The highest BCUT2D eigenvalue weighted by Crippen LogP contribution is 2.28. The molecule has 1 aromatic carbocycles. The lowest BCUT2D eigenvalue weighted by atomic mass is 10.2. The Bertz CT molecular complexity index is 468. The second-order valence-corrected chi connectivity index (χ2v) is 5.39. The fraction of sp³-hybridized carbons (Fsp3) is 0.462. The van der Waals surface area contributed by atoms with E-state index in [0.29, 0.717) is 24.1 Å². The summed E-state index contributed by atoms with van der Waals surface area (Å²) < 4.78 is 6.15. The van der Waals surface area contributed by atoms with Crippen LogP contribution in [0.25, 0.3) is 0 Å². The molecule has 0 aromatic heterocycles. The molecule has 0 heterocycles. The van der Waals surface area contributed by atoms with E-state index in [1.54, 1.807) is 0 Å². The van der Waals surface area contributed by atoms with Crippen LogP contribution in [0.5, 0.6) is 0 Å². The maximum Gasteiger partial charge on any atom is 0.210 e. The molecule has 0 amide bonds. The summed E-state index contributed by atoms with van der Waals surface area (Å²) in [6.45, 7) is 5.96. The number of aliphatic imine (C=N–C) groups is 1. The van der Waals surface area contributed by atoms with Crippen LogP contribution in [0.2, 0.25) is 5.02 Å². The fourth-order valence-corrected chi connectivity index (χ4v) is 2.21. The van der Waals surface area contributed by atoms with E-state index < -0.39 is 0 Å². The first-order chi connectivity index (χ1) is 9.58. The van der Waals surface area contributed by atoms with Crippen molar-refractivity contribution in [3.8, 4) is 0 Å². The monoisotopic (exact) mass is 362 g/mol. The van der Waals surface area contributed by atoms with Gasteiger partial charge in [-0.2, -0.15) is 0 Å². The largest absolute Gasteiger partial charge is 0.382 e. The molecule has 20 heavy (non-hydrogen) atoms. The zero-order chi connectivity index (χ0) is 15.0. The van der Waals surface area contributed by atoms with Gasteiger partial charge in [0.25, 0.3) is 0 Å². The van der Waals surface area contributed by atoms with E-state index in [-0.39, 0.29) is 0 Å². The highest BCUT2D eigenvalue weighted by Gasteiger charge is 2.06. The highest BCUT2D eigenvalue weighted by atomic mass is 79.9. The number of ether oxygens (including phenoxy) is 1. The van der Waals surface area contributed by atoms with Gasteiger partial charge in [-0.3, -0.25) is 10.4 Å². The van der Waals surface area contributed by atoms with Crippen molar-refractivity contribution in [1.82, 2.24) is 5.43 Å². The topological polar surface area (TPSA) is 71.7 Å². The summed E-state index contributed by atoms with van der Waals surface area (Å²) in [5.41, 5.74) is 4.34. The molecule has 0 fully saturated rings. The number of hydrazine groups is 1. The zero-order valence-electron chi connectivity index (χ0n) is 11.7. The minimum absolute atomic E-state index is 0.488. The summed E-state index contributed by atoms with van der Waals surface area (Å²) in [6, 6.07) is 3.77. The molecule has 0 saturated carbocycles. The second kappa shape index (κ2) is 9.18. The molecule has 0 saturated heterocycles. The molecule has 112 valence electrons. The van der Waals surface area contributed by atoms with Gasteiger partial charge in [0.1, 0.15) is 0 Å². The lowest BCUT2D eigenvalue weighted by Crippen LogP contribution is -2.36. The summed E-state index contributed by atoms with van der Waals surface area (Å²) in [4.78, 5) is 4.33. The van der Waals surface area contributed by atoms with Crippen molar-refractivity contribution in [3.63, 3.8) is 0 Å². The van der Waals surface area contributed by atoms with Gasteiger partial charge in [0.05, 0.1) is 5.69 Å². The molecule has 0 unspecified atom stereocenters. The number of rotatable bonds is 6. The van der Waals surface area contributed by atoms with Crippen molar-refractivity contribution in [2.24, 2.45) is 10.8 Å². The third-order valence-corrected chi connectivity index (χ3v) is 3.62. The molecular formula is C13H20BrClN4O. The third kappa shape index (κ3) is 5.66. The number of nitrogens with zero attached hydrogens (tertiary/aromatic N) is 1. The maximum atomic E-state index is 6.11. The quantitative estimate of drug-likeness (QED) is 0.239. The van der Waals surface area contributed by atoms with Crippen molar-refractivity contribution in [2.75, 3.05) is 25.1 Å². The van der Waals surface area contributed by atoms with Crippen LogP contribution in [0.3, 0.4) is 0 Å². The molecule has 7 heteroatoms. The van der Waals surface area contributed by atoms with Crippen molar-refractivity contribution >= 4 is 39.2 Å². The Labute approximate surface area is 133 Å². The summed E-state index contributed by atoms with van der Waals surface area (Å²) >= 11 is 9.58. The smallest absolute Gasteiger partial charge is 0.210 e. The van der Waals surface area contributed by atoms with E-state index in [0.717, 1.165) is 28.8 Å². The molecule has 1 rings (SSSR count). The zero-order valence-corrected chi connectivity index (χ0v) is 14.0. The third-order valence-electron chi connectivity index (χ3n) is 2.56. The van der Waals surface area contributed by atoms with Crippen LogP contribution < -0.4 is 16.6 Å². The Kier molecular flexibility index (Phi) is 7.91. The van der Waals surface area contributed by atoms with E-state index >= 15 is 0 Å². The van der Waals surface area contributed by atoms with Gasteiger partial charge in [-0.1, -0.05) is 11.6 Å². The molecule has 4 N–H and O–H groups in total. The Hall–Kier alpha value is -0.820. The van der Waals surface area contributed by atoms with Gasteiger partial charge in [-0.25, -0.2) is 5.84 Å². The Morgan fingerprint density at radius 3 is 2.90 bits per heavy atom. The van der Waals surface area contributed by atoms with Gasteiger partial charge >= 0.3 is 0 Å². The number of nitrogens with two attached hydrogens (primary N) is 1. The standard InChI is InChI=1S/C13H20BrClN4O/c1-3-20-6-4-5-17-13(19-16)18-12-8-11(15)9(2)7-10(12)14/h7-8H,3-6,16H2,1-2H3,(H2,17,18,19). The Morgan fingerprint density at radius 1 is 1.50 bits per heavy atom. The molecule has 0 atom stereocenters. The number of hydrogen-bond donors (Lipinski definition) is 3. The SMILES string of the molecule is CCOCCCN=C(NN)Nc1cc(Cl)c(C)cc1Br. The number of anilines is 1. The van der Waals surface area contributed by atoms with Crippen LogP contribution in [-0.4, -0.2) is 25.7 Å². The number of benzene rings is 1. The predicted octanol–water partition coefficient (Wildman–Crippen LogP) is 3.07. The lowest BCUT2D eigenvalue weighted by Gasteiger charge is -2.12. The number of nitrogens with one attached hydrogen (secondary N) is 2. The molecule has 0 aliphatic heterocycles. The van der Waals surface area contributed by atoms with Crippen LogP contribution in [0.15, 0.2) is 21.6 Å². The van der Waals surface area contributed by atoms with Crippen molar-refractivity contribution in [1.29, 1.82) is 0 Å². The van der Waals surface area contributed by atoms with Crippen LogP contribution in [-0.2, 0) is 4.74 Å². The van der Waals surface area contributed by atoms with Crippen molar-refractivity contribution in [3.05, 3.63) is 27.2 Å². The van der Waals surface area contributed by atoms with Crippen molar-refractivity contribution in [2.45, 2.75) is 20.3 Å². The van der Waals surface area contributed by atoms with Crippen molar-refractivity contribution < 1.29 is 4.74 Å². The fourth-order valence-electron chi connectivity index (χ4n) is 1.49. The maximum absolute atomic E-state index is 6.11. The van der Waals surface area contributed by atoms with E-state index in [4.69, 9.17) is 22.2 Å². The lowest BCUT2D eigenvalue weighted by molar-refractivity contribution is 0.146. The molecule has 0 radical (unpaired) electrons. The number of halogens is 2. The number of guanidine groups is 1. The van der Waals surface area contributed by atoms with E-state index in [9.17, 15) is 0 Å². The first kappa shape index (κ1) is 17.2. The summed E-state index contributed by atoms with van der Waals surface area (Å²) in [7, 11) is 0. The molecule has 5 nitrogen and oxygen atoms in total. The summed E-state index contributed by atoms with van der Waals surface area (Å²) in [5, 5.41) is 3.78. The summed E-state index contributed by atoms with van der Waals surface area (Å²) in [6.07, 6.45) is 0.844. The van der Waals surface area contributed by atoms with Gasteiger partial charge in [0.15, 0.2) is 0 Å². The molecule has 1 aromatic rings. The summed E-state index contributed by atoms with van der Waals surface area (Å²) in [5.74, 6) is 5.94. The Balaban J connectivity index is 2.64. The molecular weight excluding hydrogens is 344 g/mol. The van der Waals surface area contributed by atoms with Gasteiger partial charge in [-0.15, -0.1) is 0 Å². The highest BCUT2D eigenvalue weighted by molar-refractivity contribution is 9.10. The number of aryl methyl sites for hydroxylation is 1. The molecule has 0 spiro atoms. The van der Waals surface area contributed by atoms with E-state index in [1.165, 1.54) is 0 Å². The van der Waals surface area contributed by atoms with Crippen LogP contribution in [0, 0.1) is 6.92 Å². The number of hydrogen-bond acceptors (Lipinski definition) is 3. The average Bonchev–Trinajstić information content (AvgIpc) is 2.42. The van der Waals surface area contributed by atoms with Gasteiger partial charge in [-0.05, 0) is 53.9 Å². The predicted molar refractivity (Wildman–Crippen MR) is 88.2 cm³/mol. The van der Waals surface area contributed by atoms with E-state index in [1.807, 2.05) is 26.0 Å².